The van der Waals surface area contributed by atoms with Crippen LogP contribution in [0.3, 0.4) is 0 Å². The average molecular weight is 190 g/mol. The smallest absolute Gasteiger partial charge is 0.142 e. The molecule has 0 spiro atoms. The largest absolute Gasteiger partial charge is 0.322 e. The molecule has 1 atom stereocenters. The summed E-state index contributed by atoms with van der Waals surface area (Å²) in [7, 11) is 0. The Kier molecular flexibility index (Phi) is 1.72. The molecule has 0 amide bonds. The molecule has 1 unspecified atom stereocenters. The van der Waals surface area contributed by atoms with Crippen molar-refractivity contribution in [1.29, 1.82) is 0 Å². The molecule has 3 rings (SSSR count). The van der Waals surface area contributed by atoms with Crippen LogP contribution in [0.25, 0.3) is 0 Å². The molecule has 1 aromatic rings. The Hall–Kier alpha value is -1.12. The highest BCUT2D eigenvalue weighted by molar-refractivity contribution is 5.57. The summed E-state index contributed by atoms with van der Waals surface area (Å²) >= 11 is 0. The van der Waals surface area contributed by atoms with E-state index in [0.717, 1.165) is 31.4 Å². The molecule has 1 aliphatic carbocycles. The Morgan fingerprint density at radius 3 is 3.00 bits per heavy atom. The lowest BCUT2D eigenvalue weighted by Gasteiger charge is -2.22. The minimum Gasteiger partial charge on any atom is -0.322 e. The third-order valence-corrected chi connectivity index (χ3v) is 3.27. The zero-order chi connectivity index (χ0) is 9.54. The van der Waals surface area contributed by atoms with E-state index in [0.29, 0.717) is 5.92 Å². The summed E-state index contributed by atoms with van der Waals surface area (Å²) < 4.78 is 2.19. The Labute approximate surface area is 83.1 Å². The predicted molar refractivity (Wildman–Crippen MR) is 52.2 cm³/mol. The van der Waals surface area contributed by atoms with E-state index < -0.39 is 0 Å². The Bertz CT molecular complexity index is 365. The fourth-order valence-corrected chi connectivity index (χ4v) is 2.37. The quantitative estimate of drug-likeness (QED) is 0.667. The maximum Gasteiger partial charge on any atom is 0.142 e. The number of hydrogen-bond acceptors (Lipinski definition) is 2. The molecule has 0 radical (unpaired) electrons. The summed E-state index contributed by atoms with van der Waals surface area (Å²) in [5.41, 5.74) is 1.26. The summed E-state index contributed by atoms with van der Waals surface area (Å²) in [4.78, 5) is 15.4. The maximum atomic E-state index is 11.0. The van der Waals surface area contributed by atoms with Gasteiger partial charge in [-0.25, -0.2) is 4.98 Å². The number of rotatable bonds is 2. The summed E-state index contributed by atoms with van der Waals surface area (Å²) in [5.74, 6) is 1.81. The van der Waals surface area contributed by atoms with Crippen LogP contribution in [0, 0.1) is 0 Å². The molecule has 1 aliphatic heterocycles. The molecule has 3 nitrogen and oxygen atoms in total. The number of imidazole rings is 1. The minimum atomic E-state index is 0.0665. The molecule has 2 heterocycles. The van der Waals surface area contributed by atoms with Crippen LogP contribution in [0.1, 0.15) is 49.2 Å². The van der Waals surface area contributed by atoms with Gasteiger partial charge in [-0.2, -0.15) is 0 Å². The summed E-state index contributed by atoms with van der Waals surface area (Å²) in [6, 6.07) is 0.0665. The SMILES string of the molecule is O=CC1CCCc2cnc(C3CC3)n21. The lowest BCUT2D eigenvalue weighted by atomic mass is 10.0. The van der Waals surface area contributed by atoms with Gasteiger partial charge in [-0.1, -0.05) is 0 Å². The Morgan fingerprint density at radius 2 is 2.29 bits per heavy atom. The van der Waals surface area contributed by atoms with Crippen molar-refractivity contribution in [2.75, 3.05) is 0 Å². The number of aldehydes is 1. The van der Waals surface area contributed by atoms with Gasteiger partial charge < -0.3 is 9.36 Å². The first-order valence-corrected chi connectivity index (χ1v) is 5.41. The lowest BCUT2D eigenvalue weighted by Crippen LogP contribution is -2.20. The van der Waals surface area contributed by atoms with E-state index in [1.807, 2.05) is 6.20 Å². The highest BCUT2D eigenvalue weighted by atomic mass is 16.1. The van der Waals surface area contributed by atoms with Crippen LogP contribution in [0.15, 0.2) is 6.20 Å². The third-order valence-electron chi connectivity index (χ3n) is 3.27. The molecule has 0 saturated heterocycles. The molecule has 74 valence electrons. The van der Waals surface area contributed by atoms with Crippen LogP contribution in [-0.2, 0) is 11.2 Å². The molecule has 1 fully saturated rings. The number of carbonyl (C=O) groups excluding carboxylic acids is 1. The van der Waals surface area contributed by atoms with Crippen molar-refractivity contribution < 1.29 is 4.79 Å². The van der Waals surface area contributed by atoms with E-state index in [9.17, 15) is 4.79 Å². The van der Waals surface area contributed by atoms with Gasteiger partial charge in [0, 0.05) is 17.8 Å². The van der Waals surface area contributed by atoms with Crippen LogP contribution >= 0.6 is 0 Å². The van der Waals surface area contributed by atoms with Gasteiger partial charge in [-0.15, -0.1) is 0 Å². The van der Waals surface area contributed by atoms with Crippen molar-refractivity contribution in [3.63, 3.8) is 0 Å². The van der Waals surface area contributed by atoms with Gasteiger partial charge in [0.2, 0.25) is 0 Å². The number of aryl methyl sites for hydroxylation is 1. The molecule has 14 heavy (non-hydrogen) atoms. The molecule has 0 bridgehead atoms. The number of aromatic nitrogens is 2. The summed E-state index contributed by atoms with van der Waals surface area (Å²) in [6.07, 6.45) is 8.75. The molecule has 1 aromatic heterocycles. The van der Waals surface area contributed by atoms with Crippen LogP contribution in [-0.4, -0.2) is 15.8 Å². The van der Waals surface area contributed by atoms with Gasteiger partial charge in [0.15, 0.2) is 0 Å². The van der Waals surface area contributed by atoms with Crippen molar-refractivity contribution in [3.8, 4) is 0 Å². The first-order valence-electron chi connectivity index (χ1n) is 5.41. The normalized spacial score (nSPS) is 25.9. The molecule has 1 saturated carbocycles. The first kappa shape index (κ1) is 8.21. The zero-order valence-electron chi connectivity index (χ0n) is 8.15. The molecule has 0 aromatic carbocycles. The van der Waals surface area contributed by atoms with E-state index in [2.05, 4.69) is 9.55 Å². The minimum absolute atomic E-state index is 0.0665. The van der Waals surface area contributed by atoms with E-state index in [-0.39, 0.29) is 6.04 Å². The average Bonchev–Trinajstić information content (AvgIpc) is 2.97. The van der Waals surface area contributed by atoms with Crippen LogP contribution in [0.2, 0.25) is 0 Å². The van der Waals surface area contributed by atoms with Gasteiger partial charge in [0.1, 0.15) is 12.1 Å². The van der Waals surface area contributed by atoms with Gasteiger partial charge >= 0.3 is 0 Å². The van der Waals surface area contributed by atoms with E-state index in [1.54, 1.807) is 0 Å². The molecule has 2 aliphatic rings. The van der Waals surface area contributed by atoms with Gasteiger partial charge in [-0.3, -0.25) is 0 Å². The van der Waals surface area contributed by atoms with Gasteiger partial charge in [0.05, 0.1) is 6.04 Å². The first-order chi connectivity index (χ1) is 6.90. The summed E-state index contributed by atoms with van der Waals surface area (Å²) in [5, 5.41) is 0. The third kappa shape index (κ3) is 1.11. The zero-order valence-corrected chi connectivity index (χ0v) is 8.15. The second-order valence-corrected chi connectivity index (χ2v) is 4.35. The second-order valence-electron chi connectivity index (χ2n) is 4.35. The second kappa shape index (κ2) is 2.94. The van der Waals surface area contributed by atoms with Crippen LogP contribution in [0.5, 0.6) is 0 Å². The van der Waals surface area contributed by atoms with E-state index in [4.69, 9.17) is 0 Å². The number of hydrogen-bond donors (Lipinski definition) is 0. The van der Waals surface area contributed by atoms with E-state index >= 15 is 0 Å². The molecule has 0 N–H and O–H groups in total. The summed E-state index contributed by atoms with van der Waals surface area (Å²) in [6.45, 7) is 0. The standard InChI is InChI=1S/C11H14N2O/c14-7-10-3-1-2-9-6-12-11(13(9)10)8-4-5-8/h6-8,10H,1-5H2. The van der Waals surface area contributed by atoms with E-state index in [1.165, 1.54) is 18.5 Å². The molecule has 3 heteroatoms. The van der Waals surface area contributed by atoms with Gasteiger partial charge in [-0.05, 0) is 32.1 Å². The number of nitrogens with zero attached hydrogens (tertiary/aromatic N) is 2. The predicted octanol–water partition coefficient (Wildman–Crippen LogP) is 1.84. The lowest BCUT2D eigenvalue weighted by molar-refractivity contribution is -0.111. The van der Waals surface area contributed by atoms with Crippen molar-refractivity contribution in [3.05, 3.63) is 17.7 Å². The Balaban J connectivity index is 2.06. The van der Waals surface area contributed by atoms with Crippen LogP contribution in [0.4, 0.5) is 0 Å². The highest BCUT2D eigenvalue weighted by Crippen LogP contribution is 2.41. The topological polar surface area (TPSA) is 34.9 Å². The Morgan fingerprint density at radius 1 is 1.43 bits per heavy atom. The van der Waals surface area contributed by atoms with Crippen molar-refractivity contribution in [2.45, 2.75) is 44.1 Å². The van der Waals surface area contributed by atoms with Crippen molar-refractivity contribution in [2.24, 2.45) is 0 Å². The highest BCUT2D eigenvalue weighted by Gasteiger charge is 2.32. The van der Waals surface area contributed by atoms with Crippen molar-refractivity contribution in [1.82, 2.24) is 9.55 Å². The van der Waals surface area contributed by atoms with Crippen LogP contribution < -0.4 is 0 Å². The molecular weight excluding hydrogens is 176 g/mol. The molecular formula is C11H14N2O. The van der Waals surface area contributed by atoms with Gasteiger partial charge in [0.25, 0.3) is 0 Å². The fourth-order valence-electron chi connectivity index (χ4n) is 2.37. The van der Waals surface area contributed by atoms with Crippen molar-refractivity contribution >= 4 is 6.29 Å². The number of fused-ring (bicyclic) bond motifs is 1. The fraction of sp³-hybridized carbons (Fsp3) is 0.636. The maximum absolute atomic E-state index is 11.0. The monoisotopic (exact) mass is 190 g/mol. The number of carbonyl (C=O) groups is 1.